The minimum absolute atomic E-state index is 0.209. The SMILES string of the molecule is N#Cc1cccc(Cl)c1NCC1(CCO)CC1. The molecule has 17 heavy (non-hydrogen) atoms. The number of nitrogens with zero attached hydrogens (tertiary/aromatic N) is 1. The highest BCUT2D eigenvalue weighted by molar-refractivity contribution is 6.33. The Bertz CT molecular complexity index is 449. The fourth-order valence-electron chi connectivity index (χ4n) is 2.00. The lowest BCUT2D eigenvalue weighted by atomic mass is 10.0. The van der Waals surface area contributed by atoms with Crippen LogP contribution in [0.4, 0.5) is 5.69 Å². The smallest absolute Gasteiger partial charge is 0.101 e. The number of rotatable bonds is 5. The topological polar surface area (TPSA) is 56.0 Å². The Morgan fingerprint density at radius 2 is 2.24 bits per heavy atom. The molecule has 0 bridgehead atoms. The molecule has 0 heterocycles. The first-order valence-corrected chi connectivity index (χ1v) is 6.12. The molecule has 1 aliphatic carbocycles. The van der Waals surface area contributed by atoms with Gasteiger partial charge < -0.3 is 10.4 Å². The van der Waals surface area contributed by atoms with Gasteiger partial charge in [0.25, 0.3) is 0 Å². The largest absolute Gasteiger partial charge is 0.396 e. The molecule has 0 saturated heterocycles. The summed E-state index contributed by atoms with van der Waals surface area (Å²) in [6.07, 6.45) is 3.08. The number of hydrogen-bond acceptors (Lipinski definition) is 3. The maximum Gasteiger partial charge on any atom is 0.101 e. The van der Waals surface area contributed by atoms with Crippen molar-refractivity contribution in [3.63, 3.8) is 0 Å². The molecule has 0 aromatic heterocycles. The highest BCUT2D eigenvalue weighted by Crippen LogP contribution is 2.48. The lowest BCUT2D eigenvalue weighted by Crippen LogP contribution is -2.17. The molecule has 0 amide bonds. The molecule has 90 valence electrons. The summed E-state index contributed by atoms with van der Waals surface area (Å²) in [5.41, 5.74) is 1.49. The van der Waals surface area contributed by atoms with E-state index in [9.17, 15) is 0 Å². The molecule has 0 radical (unpaired) electrons. The summed E-state index contributed by atoms with van der Waals surface area (Å²) in [6, 6.07) is 7.42. The molecule has 4 heteroatoms. The fraction of sp³-hybridized carbons (Fsp3) is 0.462. The Morgan fingerprint density at radius 1 is 1.47 bits per heavy atom. The van der Waals surface area contributed by atoms with Crippen molar-refractivity contribution in [3.8, 4) is 6.07 Å². The van der Waals surface area contributed by atoms with Crippen molar-refractivity contribution in [1.82, 2.24) is 0 Å². The average molecular weight is 251 g/mol. The minimum Gasteiger partial charge on any atom is -0.396 e. The van der Waals surface area contributed by atoms with Gasteiger partial charge in [0.1, 0.15) is 6.07 Å². The van der Waals surface area contributed by atoms with Crippen LogP contribution in [0.2, 0.25) is 5.02 Å². The van der Waals surface area contributed by atoms with E-state index < -0.39 is 0 Å². The van der Waals surface area contributed by atoms with Gasteiger partial charge in [-0.05, 0) is 36.8 Å². The number of aliphatic hydroxyl groups excluding tert-OH is 1. The lowest BCUT2D eigenvalue weighted by Gasteiger charge is -2.17. The first kappa shape index (κ1) is 12.2. The van der Waals surface area contributed by atoms with Crippen molar-refractivity contribution in [1.29, 1.82) is 5.26 Å². The number of para-hydroxylation sites is 1. The van der Waals surface area contributed by atoms with Crippen LogP contribution in [0, 0.1) is 16.7 Å². The van der Waals surface area contributed by atoms with Crippen LogP contribution >= 0.6 is 11.6 Å². The van der Waals surface area contributed by atoms with Crippen LogP contribution in [-0.4, -0.2) is 18.3 Å². The Kier molecular flexibility index (Phi) is 3.56. The number of hydrogen-bond donors (Lipinski definition) is 2. The van der Waals surface area contributed by atoms with Crippen LogP contribution in [0.5, 0.6) is 0 Å². The van der Waals surface area contributed by atoms with Gasteiger partial charge in [-0.3, -0.25) is 0 Å². The van der Waals surface area contributed by atoms with Crippen LogP contribution in [-0.2, 0) is 0 Å². The number of halogens is 1. The molecule has 0 atom stereocenters. The number of nitrogens with one attached hydrogen (secondary N) is 1. The van der Waals surface area contributed by atoms with E-state index in [0.717, 1.165) is 25.8 Å². The molecule has 1 aromatic rings. The summed E-state index contributed by atoms with van der Waals surface area (Å²) < 4.78 is 0. The third kappa shape index (κ3) is 2.71. The molecule has 1 fully saturated rings. The van der Waals surface area contributed by atoms with Crippen LogP contribution in [0.15, 0.2) is 18.2 Å². The van der Waals surface area contributed by atoms with Crippen molar-refractivity contribution >= 4 is 17.3 Å². The first-order valence-electron chi connectivity index (χ1n) is 5.74. The number of nitriles is 1. The highest BCUT2D eigenvalue weighted by atomic mass is 35.5. The Balaban J connectivity index is 2.07. The molecule has 3 nitrogen and oxygen atoms in total. The molecule has 1 aliphatic rings. The van der Waals surface area contributed by atoms with E-state index in [-0.39, 0.29) is 12.0 Å². The second-order valence-corrected chi connectivity index (χ2v) is 5.01. The summed E-state index contributed by atoms with van der Waals surface area (Å²) in [7, 11) is 0. The predicted octanol–water partition coefficient (Wildman–Crippen LogP) is 2.79. The molecular formula is C13H15ClN2O. The van der Waals surface area contributed by atoms with E-state index in [1.165, 1.54) is 0 Å². The number of benzene rings is 1. The average Bonchev–Trinajstić information content (AvgIpc) is 3.08. The van der Waals surface area contributed by atoms with E-state index in [0.29, 0.717) is 16.3 Å². The van der Waals surface area contributed by atoms with Crippen LogP contribution in [0.1, 0.15) is 24.8 Å². The molecule has 0 spiro atoms. The normalized spacial score (nSPS) is 16.3. The zero-order valence-corrected chi connectivity index (χ0v) is 10.3. The molecule has 1 aromatic carbocycles. The fourth-order valence-corrected chi connectivity index (χ4v) is 2.24. The zero-order valence-electron chi connectivity index (χ0n) is 9.54. The molecule has 0 unspecified atom stereocenters. The van der Waals surface area contributed by atoms with Crippen molar-refractivity contribution < 1.29 is 5.11 Å². The standard InChI is InChI=1S/C13H15ClN2O/c14-11-3-1-2-10(8-15)12(11)16-9-13(4-5-13)6-7-17/h1-3,16-17H,4-7,9H2. The van der Waals surface area contributed by atoms with Gasteiger partial charge in [0.05, 0.1) is 16.3 Å². The zero-order chi connectivity index (χ0) is 12.3. The number of anilines is 1. The van der Waals surface area contributed by atoms with Gasteiger partial charge in [-0.1, -0.05) is 17.7 Å². The maximum absolute atomic E-state index is 9.00. The third-order valence-electron chi connectivity index (χ3n) is 3.37. The second kappa shape index (κ2) is 4.95. The Labute approximate surface area is 106 Å². The first-order chi connectivity index (χ1) is 8.21. The van der Waals surface area contributed by atoms with E-state index in [1.807, 2.05) is 0 Å². The van der Waals surface area contributed by atoms with Crippen molar-refractivity contribution in [2.24, 2.45) is 5.41 Å². The molecule has 2 N–H and O–H groups in total. The van der Waals surface area contributed by atoms with E-state index >= 15 is 0 Å². The summed E-state index contributed by atoms with van der Waals surface area (Å²) in [5.74, 6) is 0. The summed E-state index contributed by atoms with van der Waals surface area (Å²) >= 11 is 6.07. The summed E-state index contributed by atoms with van der Waals surface area (Å²) in [6.45, 7) is 0.987. The minimum atomic E-state index is 0.209. The molecule has 1 saturated carbocycles. The van der Waals surface area contributed by atoms with Gasteiger partial charge in [0.15, 0.2) is 0 Å². The molecule has 0 aliphatic heterocycles. The van der Waals surface area contributed by atoms with E-state index in [4.69, 9.17) is 22.0 Å². The molecular weight excluding hydrogens is 236 g/mol. The molecule has 2 rings (SSSR count). The predicted molar refractivity (Wildman–Crippen MR) is 68.0 cm³/mol. The van der Waals surface area contributed by atoms with Crippen molar-refractivity contribution in [3.05, 3.63) is 28.8 Å². The van der Waals surface area contributed by atoms with E-state index in [2.05, 4.69) is 11.4 Å². The van der Waals surface area contributed by atoms with Crippen LogP contribution < -0.4 is 5.32 Å². The van der Waals surface area contributed by atoms with Gasteiger partial charge in [-0.2, -0.15) is 5.26 Å². The van der Waals surface area contributed by atoms with Crippen molar-refractivity contribution in [2.75, 3.05) is 18.5 Å². The Hall–Kier alpha value is -1.24. The van der Waals surface area contributed by atoms with Gasteiger partial charge in [0, 0.05) is 13.2 Å². The van der Waals surface area contributed by atoms with Gasteiger partial charge in [-0.25, -0.2) is 0 Å². The van der Waals surface area contributed by atoms with Crippen LogP contribution in [0.25, 0.3) is 0 Å². The quantitative estimate of drug-likeness (QED) is 0.845. The van der Waals surface area contributed by atoms with Gasteiger partial charge in [0.2, 0.25) is 0 Å². The lowest BCUT2D eigenvalue weighted by molar-refractivity contribution is 0.253. The van der Waals surface area contributed by atoms with Gasteiger partial charge in [-0.15, -0.1) is 0 Å². The monoisotopic (exact) mass is 250 g/mol. The van der Waals surface area contributed by atoms with Crippen LogP contribution in [0.3, 0.4) is 0 Å². The summed E-state index contributed by atoms with van der Waals surface area (Å²) in [5, 5.41) is 21.8. The maximum atomic E-state index is 9.00. The second-order valence-electron chi connectivity index (χ2n) is 4.60. The number of aliphatic hydroxyl groups is 1. The third-order valence-corrected chi connectivity index (χ3v) is 3.69. The van der Waals surface area contributed by atoms with Gasteiger partial charge >= 0.3 is 0 Å². The van der Waals surface area contributed by atoms with Crippen molar-refractivity contribution in [2.45, 2.75) is 19.3 Å². The Morgan fingerprint density at radius 3 is 2.82 bits per heavy atom. The highest BCUT2D eigenvalue weighted by Gasteiger charge is 2.41. The van der Waals surface area contributed by atoms with E-state index in [1.54, 1.807) is 18.2 Å². The summed E-state index contributed by atoms with van der Waals surface area (Å²) in [4.78, 5) is 0.